The SMILES string of the molecule is Cc1cn(-c2ccc([N+](=O)[O-])cc2Br)nc1N. The number of nitrogens with two attached hydrogens (primary N) is 1. The van der Waals surface area contributed by atoms with Gasteiger partial charge in [0.2, 0.25) is 0 Å². The largest absolute Gasteiger partial charge is 0.382 e. The van der Waals surface area contributed by atoms with Crippen LogP contribution in [0, 0.1) is 17.0 Å². The van der Waals surface area contributed by atoms with Crippen LogP contribution < -0.4 is 5.73 Å². The lowest BCUT2D eigenvalue weighted by atomic mass is 10.3. The first-order valence-electron chi connectivity index (χ1n) is 4.75. The highest BCUT2D eigenvalue weighted by Gasteiger charge is 2.11. The fourth-order valence-electron chi connectivity index (χ4n) is 1.39. The number of hydrogen-bond acceptors (Lipinski definition) is 4. The van der Waals surface area contributed by atoms with Crippen LogP contribution in [0.3, 0.4) is 0 Å². The number of rotatable bonds is 2. The fraction of sp³-hybridized carbons (Fsp3) is 0.100. The molecule has 88 valence electrons. The molecule has 2 rings (SSSR count). The van der Waals surface area contributed by atoms with E-state index < -0.39 is 4.92 Å². The molecule has 0 bridgehead atoms. The average molecular weight is 297 g/mol. The van der Waals surface area contributed by atoms with Crippen LogP contribution in [-0.4, -0.2) is 14.7 Å². The van der Waals surface area contributed by atoms with Crippen LogP contribution in [0.5, 0.6) is 0 Å². The minimum absolute atomic E-state index is 0.0254. The minimum Gasteiger partial charge on any atom is -0.382 e. The second-order valence-corrected chi connectivity index (χ2v) is 4.39. The summed E-state index contributed by atoms with van der Waals surface area (Å²) in [5, 5.41) is 14.7. The van der Waals surface area contributed by atoms with Crippen LogP contribution >= 0.6 is 15.9 Å². The Bertz CT molecular complexity index is 574. The summed E-state index contributed by atoms with van der Waals surface area (Å²) in [6, 6.07) is 4.48. The van der Waals surface area contributed by atoms with Crippen molar-refractivity contribution in [1.29, 1.82) is 0 Å². The molecule has 1 aromatic heterocycles. The zero-order valence-corrected chi connectivity index (χ0v) is 10.5. The summed E-state index contributed by atoms with van der Waals surface area (Å²) in [6.07, 6.45) is 1.77. The van der Waals surface area contributed by atoms with E-state index >= 15 is 0 Å². The first-order valence-corrected chi connectivity index (χ1v) is 5.54. The molecule has 2 N–H and O–H groups in total. The van der Waals surface area contributed by atoms with Gasteiger partial charge in [-0.1, -0.05) is 0 Å². The van der Waals surface area contributed by atoms with E-state index in [1.807, 2.05) is 6.92 Å². The van der Waals surface area contributed by atoms with E-state index in [0.29, 0.717) is 16.0 Å². The zero-order chi connectivity index (χ0) is 12.6. The van der Waals surface area contributed by atoms with E-state index in [-0.39, 0.29) is 5.69 Å². The third kappa shape index (κ3) is 2.14. The molecule has 1 heterocycles. The molecule has 7 heteroatoms. The lowest BCUT2D eigenvalue weighted by molar-refractivity contribution is -0.384. The maximum absolute atomic E-state index is 10.6. The standard InChI is InChI=1S/C10H9BrN4O2/c1-6-5-14(13-10(6)12)9-3-2-7(15(16)17)4-8(9)11/h2-5H,1H3,(H2,12,13). The number of anilines is 1. The monoisotopic (exact) mass is 296 g/mol. The van der Waals surface area contributed by atoms with E-state index in [2.05, 4.69) is 21.0 Å². The third-order valence-corrected chi connectivity index (χ3v) is 2.96. The third-order valence-electron chi connectivity index (χ3n) is 2.32. The Labute approximate surface area is 105 Å². The molecular weight excluding hydrogens is 288 g/mol. The van der Waals surface area contributed by atoms with Crippen molar-refractivity contribution in [2.75, 3.05) is 5.73 Å². The summed E-state index contributed by atoms with van der Waals surface area (Å²) >= 11 is 3.28. The van der Waals surface area contributed by atoms with Crippen LogP contribution in [0.1, 0.15) is 5.56 Å². The molecule has 0 fully saturated rings. The Morgan fingerprint density at radius 1 is 1.53 bits per heavy atom. The smallest absolute Gasteiger partial charge is 0.270 e. The molecular formula is C10H9BrN4O2. The van der Waals surface area contributed by atoms with Crippen molar-refractivity contribution >= 4 is 27.4 Å². The molecule has 0 atom stereocenters. The van der Waals surface area contributed by atoms with Crippen molar-refractivity contribution < 1.29 is 4.92 Å². The van der Waals surface area contributed by atoms with Gasteiger partial charge in [-0.3, -0.25) is 10.1 Å². The molecule has 0 aliphatic heterocycles. The van der Waals surface area contributed by atoms with Gasteiger partial charge >= 0.3 is 0 Å². The Morgan fingerprint density at radius 3 is 2.71 bits per heavy atom. The van der Waals surface area contributed by atoms with Crippen LogP contribution in [0.4, 0.5) is 11.5 Å². The molecule has 6 nitrogen and oxygen atoms in total. The van der Waals surface area contributed by atoms with E-state index in [1.54, 1.807) is 16.9 Å². The van der Waals surface area contributed by atoms with Gasteiger partial charge in [0, 0.05) is 23.9 Å². The first kappa shape index (κ1) is 11.6. The predicted molar refractivity (Wildman–Crippen MR) is 67.1 cm³/mol. The molecule has 0 radical (unpaired) electrons. The van der Waals surface area contributed by atoms with Gasteiger partial charge in [-0.25, -0.2) is 4.68 Å². The topological polar surface area (TPSA) is 87.0 Å². The highest BCUT2D eigenvalue weighted by molar-refractivity contribution is 9.10. The summed E-state index contributed by atoms with van der Waals surface area (Å²) in [6.45, 7) is 1.85. The number of aryl methyl sites for hydroxylation is 1. The van der Waals surface area contributed by atoms with E-state index in [0.717, 1.165) is 5.56 Å². The first-order chi connectivity index (χ1) is 7.99. The zero-order valence-electron chi connectivity index (χ0n) is 8.92. The molecule has 0 saturated heterocycles. The maximum atomic E-state index is 10.6. The Balaban J connectivity index is 2.50. The summed E-state index contributed by atoms with van der Waals surface area (Å²) in [5.74, 6) is 0.440. The van der Waals surface area contributed by atoms with Crippen LogP contribution in [0.25, 0.3) is 5.69 Å². The lowest BCUT2D eigenvalue weighted by Crippen LogP contribution is -1.98. The van der Waals surface area contributed by atoms with Crippen molar-refractivity contribution in [3.05, 3.63) is 44.5 Å². The van der Waals surface area contributed by atoms with Crippen molar-refractivity contribution in [1.82, 2.24) is 9.78 Å². The van der Waals surface area contributed by atoms with E-state index in [1.165, 1.54) is 12.1 Å². The summed E-state index contributed by atoms with van der Waals surface area (Å²) in [4.78, 5) is 10.2. The Morgan fingerprint density at radius 2 is 2.24 bits per heavy atom. The number of non-ortho nitro benzene ring substituents is 1. The number of aromatic nitrogens is 2. The highest BCUT2D eigenvalue weighted by atomic mass is 79.9. The predicted octanol–water partition coefficient (Wildman–Crippen LogP) is 2.43. The van der Waals surface area contributed by atoms with Crippen molar-refractivity contribution in [3.8, 4) is 5.69 Å². The second kappa shape index (κ2) is 4.17. The number of benzene rings is 1. The minimum atomic E-state index is -0.447. The molecule has 0 aliphatic carbocycles. The molecule has 17 heavy (non-hydrogen) atoms. The van der Waals surface area contributed by atoms with Crippen molar-refractivity contribution in [3.63, 3.8) is 0 Å². The van der Waals surface area contributed by atoms with Gasteiger partial charge in [-0.15, -0.1) is 0 Å². The van der Waals surface area contributed by atoms with Gasteiger partial charge < -0.3 is 5.73 Å². The van der Waals surface area contributed by atoms with Gasteiger partial charge in [0.15, 0.2) is 0 Å². The van der Waals surface area contributed by atoms with E-state index in [4.69, 9.17) is 5.73 Å². The molecule has 0 spiro atoms. The van der Waals surface area contributed by atoms with Crippen molar-refractivity contribution in [2.24, 2.45) is 0 Å². The van der Waals surface area contributed by atoms with Crippen LogP contribution in [-0.2, 0) is 0 Å². The van der Waals surface area contributed by atoms with Gasteiger partial charge in [0.05, 0.1) is 15.1 Å². The molecule has 0 unspecified atom stereocenters. The lowest BCUT2D eigenvalue weighted by Gasteiger charge is -2.03. The number of nitro groups is 1. The van der Waals surface area contributed by atoms with Gasteiger partial charge in [-0.05, 0) is 28.9 Å². The molecule has 0 amide bonds. The second-order valence-electron chi connectivity index (χ2n) is 3.53. The van der Waals surface area contributed by atoms with Crippen LogP contribution in [0.15, 0.2) is 28.9 Å². The highest BCUT2D eigenvalue weighted by Crippen LogP contribution is 2.26. The number of nitro benzene ring substituents is 1. The summed E-state index contributed by atoms with van der Waals surface area (Å²) in [7, 11) is 0. The van der Waals surface area contributed by atoms with Crippen molar-refractivity contribution in [2.45, 2.75) is 6.92 Å². The normalized spacial score (nSPS) is 10.5. The molecule has 2 aromatic rings. The Kier molecular flexibility index (Phi) is 2.84. The van der Waals surface area contributed by atoms with Gasteiger partial charge in [-0.2, -0.15) is 5.10 Å². The number of nitrogens with zero attached hydrogens (tertiary/aromatic N) is 3. The molecule has 0 saturated carbocycles. The quantitative estimate of drug-likeness (QED) is 0.681. The summed E-state index contributed by atoms with van der Waals surface area (Å²) < 4.78 is 2.17. The molecule has 0 aliphatic rings. The van der Waals surface area contributed by atoms with Crippen LogP contribution in [0.2, 0.25) is 0 Å². The summed E-state index contributed by atoms with van der Waals surface area (Å²) in [5.41, 5.74) is 7.24. The average Bonchev–Trinajstić information content (AvgIpc) is 2.58. The number of hydrogen-bond donors (Lipinski definition) is 1. The number of nitrogen functional groups attached to an aromatic ring is 1. The Hall–Kier alpha value is -1.89. The number of halogens is 1. The van der Waals surface area contributed by atoms with E-state index in [9.17, 15) is 10.1 Å². The molecule has 1 aromatic carbocycles. The van der Waals surface area contributed by atoms with Gasteiger partial charge in [0.25, 0.3) is 5.69 Å². The maximum Gasteiger partial charge on any atom is 0.270 e. The van der Waals surface area contributed by atoms with Gasteiger partial charge in [0.1, 0.15) is 5.82 Å². The fourth-order valence-corrected chi connectivity index (χ4v) is 1.94.